The Balaban J connectivity index is 1.78. The Kier molecular flexibility index (Phi) is 2.14. The first-order valence-corrected chi connectivity index (χ1v) is 8.20. The van der Waals surface area contributed by atoms with E-state index in [1.807, 2.05) is 13.1 Å². The summed E-state index contributed by atoms with van der Waals surface area (Å²) in [6.07, 6.45) is -2.96. The molecule has 0 bridgehead atoms. The van der Waals surface area contributed by atoms with Gasteiger partial charge in [0, 0.05) is 0 Å². The minimum Gasteiger partial charge on any atom is -0.430 e. The largest absolute Gasteiger partial charge is 0.509 e. The van der Waals surface area contributed by atoms with Crippen LogP contribution in [0.15, 0.2) is 0 Å². The number of hydrogen-bond acceptors (Lipinski definition) is 7. The number of carbonyl (C=O) groups excluding carboxylic acids is 2. The molecule has 1 saturated carbocycles. The molecule has 0 aromatic rings. The predicted molar refractivity (Wildman–Crippen MR) is 54.1 cm³/mol. The Hall–Kier alpha value is -1.28. The molecule has 0 N–H and O–H groups in total. The summed E-state index contributed by atoms with van der Waals surface area (Å²) in [6.45, 7) is 4.06. The van der Waals surface area contributed by atoms with E-state index in [0.29, 0.717) is 0 Å². The smallest absolute Gasteiger partial charge is 0.430 e. The zero-order chi connectivity index (χ0) is 12.2. The van der Waals surface area contributed by atoms with Crippen molar-refractivity contribution in [1.82, 2.24) is 0 Å². The van der Waals surface area contributed by atoms with Crippen molar-refractivity contribution in [3.05, 3.63) is 0 Å². The highest BCUT2D eigenvalue weighted by molar-refractivity contribution is 6.48. The third-order valence-electron chi connectivity index (χ3n) is 3.05. The van der Waals surface area contributed by atoms with E-state index in [0.717, 1.165) is 0 Å². The van der Waals surface area contributed by atoms with Gasteiger partial charge in [0.25, 0.3) is 0 Å². The number of cyclic esters (lactones) is 2. The maximum absolute atomic E-state index is 11.1. The molecule has 0 radical (unpaired) electrons. The lowest BCUT2D eigenvalue weighted by atomic mass is 10.2. The van der Waals surface area contributed by atoms with Gasteiger partial charge in [0.05, 0.1) is 0 Å². The minimum absolute atomic E-state index is 0.0610. The van der Waals surface area contributed by atoms with Crippen LogP contribution in [0.2, 0.25) is 13.1 Å². The van der Waals surface area contributed by atoms with Gasteiger partial charge in [-0.2, -0.15) is 0 Å². The van der Waals surface area contributed by atoms with Gasteiger partial charge in [0.15, 0.2) is 21.2 Å². The van der Waals surface area contributed by atoms with Gasteiger partial charge < -0.3 is 23.4 Å². The van der Waals surface area contributed by atoms with E-state index >= 15 is 0 Å². The van der Waals surface area contributed by atoms with Gasteiger partial charge in [-0.25, -0.2) is 9.59 Å². The first-order valence-electron chi connectivity index (χ1n) is 5.42. The Morgan fingerprint density at radius 2 is 2.06 bits per heavy atom. The van der Waals surface area contributed by atoms with E-state index in [1.54, 1.807) is 0 Å². The van der Waals surface area contributed by atoms with Gasteiger partial charge in [-0.3, -0.25) is 0 Å². The number of carbonyl (C=O) groups is 2. The Morgan fingerprint density at radius 3 is 2.65 bits per heavy atom. The summed E-state index contributed by atoms with van der Waals surface area (Å²) in [5, 5.41) is 0. The first kappa shape index (κ1) is 10.8. The highest BCUT2D eigenvalue weighted by Crippen LogP contribution is 2.54. The molecular formula is C9H12O7Si. The van der Waals surface area contributed by atoms with Crippen LogP contribution in [0.4, 0.5) is 9.59 Å². The average Bonchev–Trinajstić information content (AvgIpc) is 2.65. The molecule has 2 saturated heterocycles. The summed E-state index contributed by atoms with van der Waals surface area (Å²) >= 11 is 0. The van der Waals surface area contributed by atoms with Crippen LogP contribution in [0.1, 0.15) is 0 Å². The molecule has 94 valence electrons. The van der Waals surface area contributed by atoms with Crippen LogP contribution in [-0.4, -0.2) is 51.9 Å². The maximum Gasteiger partial charge on any atom is 0.509 e. The minimum atomic E-state index is -1.30. The quantitative estimate of drug-likeness (QED) is 0.529. The van der Waals surface area contributed by atoms with Crippen LogP contribution in [0, 0.1) is 0 Å². The molecule has 0 amide bonds. The zero-order valence-electron chi connectivity index (χ0n) is 9.37. The fourth-order valence-electron chi connectivity index (χ4n) is 2.32. The van der Waals surface area contributed by atoms with Crippen LogP contribution in [-0.2, 0) is 23.4 Å². The lowest BCUT2D eigenvalue weighted by Crippen LogP contribution is -2.38. The predicted octanol–water partition coefficient (Wildman–Crippen LogP) is 0.178. The van der Waals surface area contributed by atoms with Crippen molar-refractivity contribution >= 4 is 21.4 Å². The molecule has 0 aromatic carbocycles. The van der Waals surface area contributed by atoms with Crippen LogP contribution < -0.4 is 0 Å². The molecule has 2 aliphatic heterocycles. The molecule has 4 unspecified atom stereocenters. The van der Waals surface area contributed by atoms with Crippen LogP contribution in [0.5, 0.6) is 0 Å². The van der Waals surface area contributed by atoms with E-state index < -0.39 is 39.2 Å². The Morgan fingerprint density at radius 1 is 1.29 bits per heavy atom. The number of hydrogen-bond donors (Lipinski definition) is 0. The molecule has 3 rings (SSSR count). The first-order chi connectivity index (χ1) is 8.04. The Bertz CT molecular complexity index is 384. The second-order valence-electron chi connectivity index (χ2n) is 4.52. The van der Waals surface area contributed by atoms with E-state index in [2.05, 4.69) is 0 Å². The third-order valence-corrected chi connectivity index (χ3v) is 3.89. The van der Waals surface area contributed by atoms with Crippen LogP contribution >= 0.6 is 0 Å². The summed E-state index contributed by atoms with van der Waals surface area (Å²) in [4.78, 5) is 22.0. The molecule has 3 aliphatic rings. The Labute approximate surface area is 98.6 Å². The average molecular weight is 260 g/mol. The number of rotatable bonds is 3. The highest BCUT2D eigenvalue weighted by atomic mass is 28.3. The van der Waals surface area contributed by atoms with Crippen molar-refractivity contribution in [3.63, 3.8) is 0 Å². The summed E-state index contributed by atoms with van der Waals surface area (Å²) in [5.74, 6) is 0. The maximum atomic E-state index is 11.1. The van der Waals surface area contributed by atoms with Crippen LogP contribution in [0.3, 0.4) is 0 Å². The summed E-state index contributed by atoms with van der Waals surface area (Å²) in [5.41, 5.74) is -0.986. The van der Waals surface area contributed by atoms with E-state index in [4.69, 9.17) is 23.4 Å². The van der Waals surface area contributed by atoms with Gasteiger partial charge in [-0.05, 0) is 13.1 Å². The highest BCUT2D eigenvalue weighted by Gasteiger charge is 2.82. The normalized spacial score (nSPS) is 42.6. The van der Waals surface area contributed by atoms with Crippen molar-refractivity contribution in [1.29, 1.82) is 0 Å². The monoisotopic (exact) mass is 260 g/mol. The molecular weight excluding hydrogens is 248 g/mol. The SMILES string of the molecule is C[SiH](C)OC1C2OC(=O)OC21C1COC(=O)O1. The molecule has 4 atom stereocenters. The fourth-order valence-corrected chi connectivity index (χ4v) is 3.26. The molecule has 17 heavy (non-hydrogen) atoms. The summed E-state index contributed by atoms with van der Waals surface area (Å²) < 4.78 is 25.5. The van der Waals surface area contributed by atoms with Crippen molar-refractivity contribution in [2.45, 2.75) is 37.0 Å². The molecule has 2 heterocycles. The van der Waals surface area contributed by atoms with Gasteiger partial charge in [0.1, 0.15) is 12.7 Å². The van der Waals surface area contributed by atoms with Crippen LogP contribution in [0.25, 0.3) is 0 Å². The lowest BCUT2D eigenvalue weighted by molar-refractivity contribution is -0.0203. The second-order valence-corrected chi connectivity index (χ2v) is 6.89. The van der Waals surface area contributed by atoms with Crippen molar-refractivity contribution in [2.24, 2.45) is 0 Å². The number of fused-ring (bicyclic) bond motifs is 1. The van der Waals surface area contributed by atoms with Crippen molar-refractivity contribution < 1.29 is 33.0 Å². The molecule has 0 aromatic heterocycles. The molecule has 3 fully saturated rings. The van der Waals surface area contributed by atoms with Crippen molar-refractivity contribution in [3.8, 4) is 0 Å². The summed E-state index contributed by atoms with van der Waals surface area (Å²) in [6, 6.07) is 0. The van der Waals surface area contributed by atoms with Gasteiger partial charge in [-0.1, -0.05) is 0 Å². The molecule has 7 nitrogen and oxygen atoms in total. The third kappa shape index (κ3) is 1.44. The molecule has 0 spiro atoms. The van der Waals surface area contributed by atoms with E-state index in [1.165, 1.54) is 0 Å². The van der Waals surface area contributed by atoms with Gasteiger partial charge in [0.2, 0.25) is 5.60 Å². The second kappa shape index (κ2) is 3.36. The zero-order valence-corrected chi connectivity index (χ0v) is 10.5. The van der Waals surface area contributed by atoms with Crippen molar-refractivity contribution in [2.75, 3.05) is 6.61 Å². The fraction of sp³-hybridized carbons (Fsp3) is 0.778. The van der Waals surface area contributed by atoms with Gasteiger partial charge >= 0.3 is 12.3 Å². The topological polar surface area (TPSA) is 80.3 Å². The number of ether oxygens (including phenoxy) is 4. The molecule has 8 heteroatoms. The van der Waals surface area contributed by atoms with Gasteiger partial charge in [-0.15, -0.1) is 0 Å². The lowest BCUT2D eigenvalue weighted by Gasteiger charge is -2.18. The standard InChI is InChI=1S/C9H12O7Si/c1-17(2)16-6-5-9(6,15-8(11)14-5)4-3-12-7(10)13-4/h4-6,17H,3H2,1-2H3. The van der Waals surface area contributed by atoms with E-state index in [9.17, 15) is 9.59 Å². The molecule has 1 aliphatic carbocycles. The summed E-state index contributed by atoms with van der Waals surface area (Å²) in [7, 11) is -1.30. The van der Waals surface area contributed by atoms with E-state index in [-0.39, 0.29) is 12.7 Å².